The van der Waals surface area contributed by atoms with Crippen molar-refractivity contribution in [1.82, 2.24) is 19.6 Å². The molecular weight excluding hydrogens is 1270 g/mol. The van der Waals surface area contributed by atoms with Crippen LogP contribution in [-0.4, -0.2) is 92.1 Å². The van der Waals surface area contributed by atoms with Crippen molar-refractivity contribution in [3.05, 3.63) is 0 Å². The lowest BCUT2D eigenvalue weighted by atomic mass is 9.43. The third kappa shape index (κ3) is 18.7. The Hall–Kier alpha value is -0.160. The Morgan fingerprint density at radius 2 is 0.295 bits per heavy atom. The van der Waals surface area contributed by atoms with Gasteiger partial charge in [-0.05, 0) is 383 Å². The maximum absolute atomic E-state index is 3.37. The highest BCUT2D eigenvalue weighted by molar-refractivity contribution is 5.09. The summed E-state index contributed by atoms with van der Waals surface area (Å²) in [5, 5.41) is 0. The first kappa shape index (κ1) is 78.7. The molecule has 0 heterocycles. The normalized spacial score (nSPS) is 42.3. The molecule has 0 saturated heterocycles. The Labute approximate surface area is 652 Å². The van der Waals surface area contributed by atoms with Crippen molar-refractivity contribution in [2.75, 3.05) is 0 Å². The monoisotopic (exact) mass is 1450 g/mol. The van der Waals surface area contributed by atoms with Crippen LogP contribution in [0.2, 0.25) is 0 Å². The minimum Gasteiger partial charge on any atom is -0.294 e. The van der Waals surface area contributed by atoms with Crippen molar-refractivity contribution in [2.24, 2.45) is 100 Å². The van der Waals surface area contributed by atoms with Gasteiger partial charge in [0.05, 0.1) is 0 Å². The van der Waals surface area contributed by atoms with E-state index in [0.717, 1.165) is 167 Å². The Morgan fingerprint density at radius 3 is 0.448 bits per heavy atom. The van der Waals surface area contributed by atoms with E-state index in [1.807, 2.05) is 0 Å². The van der Waals surface area contributed by atoms with Gasteiger partial charge in [-0.3, -0.25) is 19.6 Å². The molecule has 16 rings (SSSR count). The fraction of sp³-hybridized carbons (Fsp3) is 1.00. The Bertz CT molecular complexity index is 2050. The largest absolute Gasteiger partial charge is 0.294 e. The van der Waals surface area contributed by atoms with Crippen LogP contribution in [-0.2, 0) is 0 Å². The van der Waals surface area contributed by atoms with Gasteiger partial charge in [-0.1, -0.05) is 182 Å². The molecule has 0 bridgehead atoms. The highest BCUT2D eigenvalue weighted by atomic mass is 15.2. The quantitative estimate of drug-likeness (QED) is 0.120. The molecule has 4 heteroatoms. The summed E-state index contributed by atoms with van der Waals surface area (Å²) < 4.78 is 0. The Kier molecular flexibility index (Phi) is 28.5. The van der Waals surface area contributed by atoms with E-state index < -0.39 is 0 Å². The van der Waals surface area contributed by atoms with Crippen LogP contribution in [0.1, 0.15) is 464 Å². The van der Waals surface area contributed by atoms with Gasteiger partial charge in [0.1, 0.15) is 0 Å². The van der Waals surface area contributed by atoms with E-state index in [9.17, 15) is 0 Å². The molecule has 0 aliphatic heterocycles. The Balaban J connectivity index is 0.693. The van der Waals surface area contributed by atoms with Crippen LogP contribution in [0.3, 0.4) is 0 Å². The SMILES string of the molecule is CC1CC(C2CCC(C(C3CCC(C4CC(C)CC(N(C5CCCCC5)C5CCCCC5)C4)CC3)(C3CCC(C4CC(C)CC(N(C5CCCCC5)C5CCCCC5)C4)CC3)C3CCC(C4CC(C)CC(N(C5CCCCC5)C5CCCCC5)C4)CC3)CC2)CC(N(C2CCCCC2)C2CCCCC2)C1. The van der Waals surface area contributed by atoms with E-state index in [4.69, 9.17) is 0 Å². The molecule has 12 unspecified atom stereocenters. The first-order chi connectivity index (χ1) is 51.7. The van der Waals surface area contributed by atoms with Gasteiger partial charge in [-0.2, -0.15) is 0 Å². The second kappa shape index (κ2) is 38.1. The van der Waals surface area contributed by atoms with Gasteiger partial charge in [-0.25, -0.2) is 0 Å². The number of hydrogen-bond donors (Lipinski definition) is 0. The van der Waals surface area contributed by atoms with Crippen LogP contribution >= 0.6 is 0 Å². The van der Waals surface area contributed by atoms with Gasteiger partial charge in [0.2, 0.25) is 0 Å². The summed E-state index contributed by atoms with van der Waals surface area (Å²) in [6.07, 6.45) is 105. The third-order valence-electron chi connectivity index (χ3n) is 38.1. The van der Waals surface area contributed by atoms with Crippen molar-refractivity contribution in [3.63, 3.8) is 0 Å². The number of hydrogen-bond acceptors (Lipinski definition) is 4. The van der Waals surface area contributed by atoms with E-state index in [-0.39, 0.29) is 0 Å². The van der Waals surface area contributed by atoms with Crippen LogP contribution in [0.25, 0.3) is 0 Å². The lowest BCUT2D eigenvalue weighted by Crippen LogP contribution is -2.55. The second-order valence-corrected chi connectivity index (χ2v) is 44.5. The maximum atomic E-state index is 3.37. The average Bonchev–Trinajstić information content (AvgIpc) is 0.727. The fourth-order valence-corrected chi connectivity index (χ4v) is 34.0. The van der Waals surface area contributed by atoms with E-state index in [1.165, 1.54) is 283 Å². The van der Waals surface area contributed by atoms with Crippen LogP contribution in [0.4, 0.5) is 0 Å². The molecule has 0 radical (unpaired) electrons. The lowest BCUT2D eigenvalue weighted by Gasteiger charge is -2.62. The molecule has 0 aromatic rings. The highest BCUT2D eigenvalue weighted by Gasteiger charge is 2.59. The fourth-order valence-electron chi connectivity index (χ4n) is 34.0. The first-order valence-corrected chi connectivity index (χ1v) is 50.8. The molecule has 0 aromatic heterocycles. The molecule has 16 aliphatic rings. The average molecular weight is 1450 g/mol. The maximum Gasteiger partial charge on any atom is 0.0106 e. The minimum atomic E-state index is 0.580. The summed E-state index contributed by atoms with van der Waals surface area (Å²) in [5.41, 5.74) is 0.580. The zero-order chi connectivity index (χ0) is 71.1. The van der Waals surface area contributed by atoms with E-state index in [1.54, 1.807) is 154 Å². The van der Waals surface area contributed by atoms with Crippen LogP contribution < -0.4 is 0 Å². The summed E-state index contributed by atoms with van der Waals surface area (Å²) >= 11 is 0. The third-order valence-corrected chi connectivity index (χ3v) is 38.1. The van der Waals surface area contributed by atoms with Crippen molar-refractivity contribution < 1.29 is 0 Å². The summed E-state index contributed by atoms with van der Waals surface area (Å²) in [6, 6.07) is 10.7. The molecule has 0 spiro atoms. The molecule has 16 fully saturated rings. The molecule has 0 N–H and O–H groups in total. The van der Waals surface area contributed by atoms with Gasteiger partial charge < -0.3 is 0 Å². The number of nitrogens with zero attached hydrogens (tertiary/aromatic N) is 4. The second-order valence-electron chi connectivity index (χ2n) is 44.5. The van der Waals surface area contributed by atoms with Gasteiger partial charge in [0.15, 0.2) is 0 Å². The molecule has 0 amide bonds. The molecule has 105 heavy (non-hydrogen) atoms. The van der Waals surface area contributed by atoms with Crippen molar-refractivity contribution in [3.8, 4) is 0 Å². The molecule has 4 nitrogen and oxygen atoms in total. The van der Waals surface area contributed by atoms with Crippen molar-refractivity contribution >= 4 is 0 Å². The van der Waals surface area contributed by atoms with Gasteiger partial charge in [-0.15, -0.1) is 0 Å². The van der Waals surface area contributed by atoms with Gasteiger partial charge in [0, 0.05) is 72.5 Å². The van der Waals surface area contributed by atoms with Crippen LogP contribution in [0.15, 0.2) is 0 Å². The van der Waals surface area contributed by atoms with Crippen molar-refractivity contribution in [2.45, 2.75) is 537 Å². The summed E-state index contributed by atoms with van der Waals surface area (Å²) in [7, 11) is 0. The predicted octanol–water partition coefficient (Wildman–Crippen LogP) is 28.3. The molecule has 16 aliphatic carbocycles. The lowest BCUT2D eigenvalue weighted by molar-refractivity contribution is -0.129. The molecule has 0 aromatic carbocycles. The summed E-state index contributed by atoms with van der Waals surface area (Å²) in [5.74, 6) is 15.6. The minimum absolute atomic E-state index is 0.580. The predicted molar refractivity (Wildman–Crippen MR) is 448 cm³/mol. The standard InChI is InChI=1S/C101H176N4/c1-73-61-81(69-97(65-73)102(89-29-13-5-14-30-89)90-31-15-6-16-32-90)77-45-53-85(54-46-77)101(86-55-47-78(48-56-86)82-62-74(2)66-98(70-82)103(91-33-17-7-18-34-91)92-35-19-8-20-36-92,87-57-49-79(50-58-87)83-63-75(3)67-99(71-83)104(93-37-21-9-22-38-93)94-39-23-10-24-40-94)88-59-51-80(52-60-88)84-64-76(4)68-100(72-84)105(95-41-25-11-26-42-95)96-43-27-12-28-44-96/h73-100H,5-72H2,1-4H3. The van der Waals surface area contributed by atoms with Crippen molar-refractivity contribution in [1.29, 1.82) is 0 Å². The van der Waals surface area contributed by atoms with Crippen LogP contribution in [0, 0.1) is 100 Å². The first-order valence-electron chi connectivity index (χ1n) is 50.8. The highest BCUT2D eigenvalue weighted by Crippen LogP contribution is 2.67. The molecule has 16 saturated carbocycles. The van der Waals surface area contributed by atoms with Crippen LogP contribution in [0.5, 0.6) is 0 Å². The zero-order valence-corrected chi connectivity index (χ0v) is 70.5. The smallest absolute Gasteiger partial charge is 0.0106 e. The molecular formula is C101H176N4. The van der Waals surface area contributed by atoms with Gasteiger partial charge >= 0.3 is 0 Å². The van der Waals surface area contributed by atoms with E-state index in [0.29, 0.717) is 5.41 Å². The van der Waals surface area contributed by atoms with Gasteiger partial charge in [0.25, 0.3) is 0 Å². The zero-order valence-electron chi connectivity index (χ0n) is 70.5. The molecule has 600 valence electrons. The summed E-state index contributed by atoms with van der Waals surface area (Å²) in [6.45, 7) is 11.1. The summed E-state index contributed by atoms with van der Waals surface area (Å²) in [4.78, 5) is 13.5. The van der Waals surface area contributed by atoms with E-state index >= 15 is 0 Å². The molecule has 12 atom stereocenters. The van der Waals surface area contributed by atoms with E-state index in [2.05, 4.69) is 47.3 Å². The topological polar surface area (TPSA) is 13.0 Å². The number of rotatable bonds is 20. The Morgan fingerprint density at radius 1 is 0.143 bits per heavy atom.